The van der Waals surface area contributed by atoms with Gasteiger partial charge in [0.25, 0.3) is 5.91 Å². The number of carbonyl (C=O) groups is 1. The molecule has 0 fully saturated rings. The minimum atomic E-state index is -4.63. The lowest BCUT2D eigenvalue weighted by Crippen LogP contribution is -2.25. The van der Waals surface area contributed by atoms with Crippen molar-refractivity contribution in [3.05, 3.63) is 33.8 Å². The van der Waals surface area contributed by atoms with Gasteiger partial charge in [-0.1, -0.05) is 0 Å². The van der Waals surface area contributed by atoms with Crippen LogP contribution in [0.3, 0.4) is 0 Å². The summed E-state index contributed by atoms with van der Waals surface area (Å²) in [6, 6.07) is 1.73. The summed E-state index contributed by atoms with van der Waals surface area (Å²) < 4.78 is 40.4. The first-order valence-corrected chi connectivity index (χ1v) is 7.13. The summed E-state index contributed by atoms with van der Waals surface area (Å²) in [7, 11) is 1.28. The van der Waals surface area contributed by atoms with E-state index in [4.69, 9.17) is 0 Å². The third-order valence-corrected chi connectivity index (χ3v) is 3.67. The Balaban J connectivity index is 2.14. The number of aryl methyl sites for hydroxylation is 2. The molecular weight excluding hydrogens is 367 g/mol. The van der Waals surface area contributed by atoms with Crippen molar-refractivity contribution in [2.75, 3.05) is 0 Å². The smallest absolute Gasteiger partial charge is 0.345 e. The van der Waals surface area contributed by atoms with Gasteiger partial charge in [0, 0.05) is 19.8 Å². The average molecular weight is 380 g/mol. The van der Waals surface area contributed by atoms with Crippen LogP contribution in [0.15, 0.2) is 16.7 Å². The lowest BCUT2D eigenvalue weighted by Gasteiger charge is -2.04. The second kappa shape index (κ2) is 6.11. The van der Waals surface area contributed by atoms with E-state index in [-0.39, 0.29) is 16.7 Å². The molecule has 22 heavy (non-hydrogen) atoms. The number of carbonyl (C=O) groups excluding carboxylic acids is 1. The van der Waals surface area contributed by atoms with Crippen molar-refractivity contribution in [3.63, 3.8) is 0 Å². The highest BCUT2D eigenvalue weighted by Gasteiger charge is 2.39. The van der Waals surface area contributed by atoms with E-state index in [2.05, 4.69) is 31.4 Å². The van der Waals surface area contributed by atoms with Gasteiger partial charge in [0.05, 0.1) is 16.7 Å². The fraction of sp³-hybridized carbons (Fsp3) is 0.417. The van der Waals surface area contributed by atoms with Crippen molar-refractivity contribution < 1.29 is 18.0 Å². The molecule has 0 bridgehead atoms. The van der Waals surface area contributed by atoms with Gasteiger partial charge >= 0.3 is 6.18 Å². The minimum Gasteiger partial charge on any atom is -0.345 e. The molecule has 2 aromatic rings. The van der Waals surface area contributed by atoms with Crippen LogP contribution in [0.4, 0.5) is 13.2 Å². The first-order chi connectivity index (χ1) is 10.2. The number of halogens is 4. The summed E-state index contributed by atoms with van der Waals surface area (Å²) in [5.41, 5.74) is -0.706. The highest BCUT2D eigenvalue weighted by Crippen LogP contribution is 2.35. The second-order valence-corrected chi connectivity index (χ2v) is 5.27. The molecule has 0 aliphatic heterocycles. The van der Waals surface area contributed by atoms with Crippen molar-refractivity contribution >= 4 is 21.8 Å². The van der Waals surface area contributed by atoms with E-state index in [1.165, 1.54) is 7.05 Å². The Hall–Kier alpha value is -1.84. The van der Waals surface area contributed by atoms with Crippen molar-refractivity contribution in [3.8, 4) is 0 Å². The van der Waals surface area contributed by atoms with Gasteiger partial charge < -0.3 is 5.32 Å². The number of amides is 1. The summed E-state index contributed by atoms with van der Waals surface area (Å²) in [5, 5.41) is 10.0. The Bertz CT molecular complexity index is 691. The third kappa shape index (κ3) is 3.32. The molecule has 0 aromatic carbocycles. The Kier molecular flexibility index (Phi) is 4.59. The maximum absolute atomic E-state index is 12.7. The Morgan fingerprint density at radius 1 is 1.41 bits per heavy atom. The van der Waals surface area contributed by atoms with Crippen LogP contribution in [-0.2, 0) is 26.3 Å². The summed E-state index contributed by atoms with van der Waals surface area (Å²) in [5.74, 6) is -0.663. The molecule has 0 unspecified atom stereocenters. The largest absolute Gasteiger partial charge is 0.436 e. The Morgan fingerprint density at radius 3 is 2.59 bits per heavy atom. The minimum absolute atomic E-state index is 0.116. The first kappa shape index (κ1) is 16.5. The van der Waals surface area contributed by atoms with Crippen molar-refractivity contribution in [1.82, 2.24) is 24.9 Å². The predicted octanol–water partition coefficient (Wildman–Crippen LogP) is 2.35. The normalized spacial score (nSPS) is 11.7. The molecule has 0 saturated heterocycles. The zero-order valence-electron chi connectivity index (χ0n) is 11.8. The molecular formula is C12H13BrF3N5O. The molecule has 6 nitrogen and oxygen atoms in total. The highest BCUT2D eigenvalue weighted by atomic mass is 79.9. The van der Waals surface area contributed by atoms with E-state index in [1.807, 2.05) is 6.92 Å². The lowest BCUT2D eigenvalue weighted by molar-refractivity contribution is -0.142. The van der Waals surface area contributed by atoms with E-state index in [1.54, 1.807) is 16.9 Å². The summed E-state index contributed by atoms with van der Waals surface area (Å²) in [4.78, 5) is 12.1. The van der Waals surface area contributed by atoms with Crippen molar-refractivity contribution in [1.29, 1.82) is 0 Å². The van der Waals surface area contributed by atoms with Crippen LogP contribution >= 0.6 is 15.9 Å². The van der Waals surface area contributed by atoms with Crippen LogP contribution in [-0.4, -0.2) is 25.5 Å². The summed E-state index contributed by atoms with van der Waals surface area (Å²) >= 11 is 2.80. The molecule has 0 aliphatic carbocycles. The fourth-order valence-electron chi connectivity index (χ4n) is 1.85. The molecule has 0 saturated carbocycles. The number of hydrogen-bond acceptors (Lipinski definition) is 3. The lowest BCUT2D eigenvalue weighted by atomic mass is 10.3. The zero-order valence-corrected chi connectivity index (χ0v) is 13.4. The zero-order chi connectivity index (χ0) is 16.5. The van der Waals surface area contributed by atoms with Gasteiger partial charge in [-0.05, 0) is 28.9 Å². The molecule has 0 aliphatic rings. The monoisotopic (exact) mass is 379 g/mol. The quantitative estimate of drug-likeness (QED) is 0.886. The van der Waals surface area contributed by atoms with Gasteiger partial charge in [0.1, 0.15) is 5.69 Å². The molecule has 2 aromatic heterocycles. The standard InChI is InChI=1S/C12H13BrF3N5O/c1-3-21-5-4-7(18-21)6-17-11(22)9-8(13)10(12(14,15)16)19-20(9)2/h4-5H,3,6H2,1-2H3,(H,17,22). The summed E-state index contributed by atoms with van der Waals surface area (Å²) in [6.07, 6.45) is -2.88. The number of alkyl halides is 3. The van der Waals surface area contributed by atoms with Crippen LogP contribution in [0.2, 0.25) is 0 Å². The Morgan fingerprint density at radius 2 is 2.09 bits per heavy atom. The molecule has 2 heterocycles. The maximum atomic E-state index is 12.7. The molecule has 1 N–H and O–H groups in total. The number of hydrogen-bond donors (Lipinski definition) is 1. The fourth-order valence-corrected chi connectivity index (χ4v) is 2.60. The van der Waals surface area contributed by atoms with Crippen LogP contribution < -0.4 is 5.32 Å². The van der Waals surface area contributed by atoms with E-state index in [0.29, 0.717) is 12.2 Å². The van der Waals surface area contributed by atoms with E-state index in [0.717, 1.165) is 4.68 Å². The molecule has 1 amide bonds. The van der Waals surface area contributed by atoms with Gasteiger partial charge in [-0.3, -0.25) is 14.2 Å². The molecule has 0 atom stereocenters. The highest BCUT2D eigenvalue weighted by molar-refractivity contribution is 9.10. The van der Waals surface area contributed by atoms with Gasteiger partial charge in [-0.25, -0.2) is 0 Å². The molecule has 2 rings (SSSR count). The topological polar surface area (TPSA) is 64.7 Å². The number of nitrogens with one attached hydrogen (secondary N) is 1. The average Bonchev–Trinajstić information content (AvgIpc) is 3.00. The van der Waals surface area contributed by atoms with Crippen LogP contribution in [0.5, 0.6) is 0 Å². The van der Waals surface area contributed by atoms with Gasteiger partial charge in [-0.15, -0.1) is 0 Å². The van der Waals surface area contributed by atoms with Crippen molar-refractivity contribution in [2.24, 2.45) is 7.05 Å². The van der Waals surface area contributed by atoms with Gasteiger partial charge in [0.15, 0.2) is 5.69 Å². The van der Waals surface area contributed by atoms with Crippen LogP contribution in [0.1, 0.15) is 28.8 Å². The Labute approximate surface area is 132 Å². The first-order valence-electron chi connectivity index (χ1n) is 6.34. The number of aromatic nitrogens is 4. The third-order valence-electron chi connectivity index (χ3n) is 2.92. The van der Waals surface area contributed by atoms with Crippen molar-refractivity contribution in [2.45, 2.75) is 26.2 Å². The summed E-state index contributed by atoms with van der Waals surface area (Å²) in [6.45, 7) is 2.72. The molecule has 10 heteroatoms. The molecule has 120 valence electrons. The van der Waals surface area contributed by atoms with Crippen LogP contribution in [0.25, 0.3) is 0 Å². The maximum Gasteiger partial charge on any atom is 0.436 e. The SMILES string of the molecule is CCn1ccc(CNC(=O)c2c(Br)c(C(F)(F)F)nn2C)n1. The van der Waals surface area contributed by atoms with E-state index >= 15 is 0 Å². The number of nitrogens with zero attached hydrogens (tertiary/aromatic N) is 4. The van der Waals surface area contributed by atoms with Gasteiger partial charge in [-0.2, -0.15) is 23.4 Å². The van der Waals surface area contributed by atoms with Gasteiger partial charge in [0.2, 0.25) is 0 Å². The predicted molar refractivity (Wildman–Crippen MR) is 75.0 cm³/mol. The van der Waals surface area contributed by atoms with Crippen LogP contribution in [0, 0.1) is 0 Å². The van der Waals surface area contributed by atoms with E-state index < -0.39 is 17.8 Å². The van der Waals surface area contributed by atoms with E-state index in [9.17, 15) is 18.0 Å². The molecule has 0 spiro atoms. The second-order valence-electron chi connectivity index (χ2n) is 4.48. The molecule has 0 radical (unpaired) electrons. The number of rotatable bonds is 4.